The van der Waals surface area contributed by atoms with Crippen LogP contribution >= 0.6 is 11.6 Å². The van der Waals surface area contributed by atoms with Crippen molar-refractivity contribution in [2.45, 2.75) is 26.7 Å². The predicted octanol–water partition coefficient (Wildman–Crippen LogP) is 2.26. The fraction of sp³-hybridized carbons (Fsp3) is 0.250. The van der Waals surface area contributed by atoms with Crippen LogP contribution in [-0.4, -0.2) is 25.5 Å². The number of nitrogens with one attached hydrogen (secondary N) is 2. The van der Waals surface area contributed by atoms with E-state index in [1.807, 2.05) is 6.92 Å². The van der Waals surface area contributed by atoms with Crippen LogP contribution in [0.4, 0.5) is 5.69 Å². The van der Waals surface area contributed by atoms with E-state index in [1.165, 1.54) is 10.8 Å². The molecule has 2 N–H and O–H groups in total. The fourth-order valence-corrected chi connectivity index (χ4v) is 2.65. The summed E-state index contributed by atoms with van der Waals surface area (Å²) in [5.74, 6) is 0.133. The molecule has 2 heterocycles. The first-order valence-electron chi connectivity index (χ1n) is 7.44. The normalized spacial score (nSPS) is 11.0. The highest BCUT2D eigenvalue weighted by Crippen LogP contribution is 2.23. The maximum Gasteiger partial charge on any atom is 0.277 e. The molecule has 0 aliphatic heterocycles. The van der Waals surface area contributed by atoms with Gasteiger partial charge in [0.05, 0.1) is 5.69 Å². The van der Waals surface area contributed by atoms with E-state index in [2.05, 4.69) is 20.4 Å². The maximum absolute atomic E-state index is 12.4. The maximum atomic E-state index is 12.4. The Morgan fingerprint density at radius 3 is 2.96 bits per heavy atom. The second-order valence-corrected chi connectivity index (χ2v) is 5.87. The zero-order valence-electron chi connectivity index (χ0n) is 13.3. The molecule has 124 valence electrons. The van der Waals surface area contributed by atoms with Gasteiger partial charge in [0.2, 0.25) is 5.91 Å². The number of aromatic nitrogens is 4. The first kappa shape index (κ1) is 16.2. The summed E-state index contributed by atoms with van der Waals surface area (Å²) < 4.78 is 1.27. The average Bonchev–Trinajstić information content (AvgIpc) is 3.00. The summed E-state index contributed by atoms with van der Waals surface area (Å²) in [4.78, 5) is 32.8. The minimum Gasteiger partial charge on any atom is -0.326 e. The zero-order chi connectivity index (χ0) is 17.3. The van der Waals surface area contributed by atoms with Gasteiger partial charge in [-0.05, 0) is 38.0 Å². The molecule has 0 unspecified atom stereocenters. The van der Waals surface area contributed by atoms with Crippen molar-refractivity contribution < 1.29 is 4.79 Å². The van der Waals surface area contributed by atoms with Crippen LogP contribution < -0.4 is 10.9 Å². The number of carbonyl (C=O) groups excluding carboxylic acids is 1. The highest BCUT2D eigenvalue weighted by molar-refractivity contribution is 6.31. The van der Waals surface area contributed by atoms with Gasteiger partial charge in [-0.1, -0.05) is 17.7 Å². The van der Waals surface area contributed by atoms with E-state index in [0.717, 1.165) is 5.56 Å². The SMILES string of the molecule is Cc1nc2nc[nH]n2c(=O)c1CCC(=O)Nc1cccc(Cl)c1C. The first-order chi connectivity index (χ1) is 11.5. The number of hydrogen-bond donors (Lipinski definition) is 2. The Morgan fingerprint density at radius 1 is 1.38 bits per heavy atom. The van der Waals surface area contributed by atoms with Gasteiger partial charge in [0, 0.05) is 22.7 Å². The predicted molar refractivity (Wildman–Crippen MR) is 91.5 cm³/mol. The number of H-pyrrole nitrogens is 1. The van der Waals surface area contributed by atoms with E-state index in [0.29, 0.717) is 34.2 Å². The third-order valence-electron chi connectivity index (χ3n) is 3.88. The largest absolute Gasteiger partial charge is 0.326 e. The lowest BCUT2D eigenvalue weighted by molar-refractivity contribution is -0.116. The van der Waals surface area contributed by atoms with E-state index < -0.39 is 0 Å². The number of hydrogen-bond acceptors (Lipinski definition) is 4. The van der Waals surface area contributed by atoms with Gasteiger partial charge in [0.15, 0.2) is 0 Å². The summed E-state index contributed by atoms with van der Waals surface area (Å²) in [6, 6.07) is 5.33. The van der Waals surface area contributed by atoms with Crippen LogP contribution in [0.1, 0.15) is 23.2 Å². The minimum atomic E-state index is -0.235. The van der Waals surface area contributed by atoms with Crippen LogP contribution in [0.2, 0.25) is 5.02 Å². The highest BCUT2D eigenvalue weighted by Gasteiger charge is 2.13. The van der Waals surface area contributed by atoms with Gasteiger partial charge in [-0.3, -0.25) is 14.7 Å². The van der Waals surface area contributed by atoms with E-state index in [-0.39, 0.29) is 17.9 Å². The van der Waals surface area contributed by atoms with Crippen molar-refractivity contribution in [3.63, 3.8) is 0 Å². The van der Waals surface area contributed by atoms with Crippen LogP contribution in [0.15, 0.2) is 29.3 Å². The van der Waals surface area contributed by atoms with Gasteiger partial charge in [0.25, 0.3) is 11.3 Å². The Kier molecular flexibility index (Phi) is 4.35. The number of amides is 1. The number of carbonyl (C=O) groups is 1. The number of fused-ring (bicyclic) bond motifs is 1. The molecule has 7 nitrogen and oxygen atoms in total. The van der Waals surface area contributed by atoms with Crippen LogP contribution in [0, 0.1) is 13.8 Å². The van der Waals surface area contributed by atoms with Crippen LogP contribution in [0.3, 0.4) is 0 Å². The van der Waals surface area contributed by atoms with Gasteiger partial charge >= 0.3 is 0 Å². The molecule has 0 saturated carbocycles. The smallest absolute Gasteiger partial charge is 0.277 e. The van der Waals surface area contributed by atoms with Crippen LogP contribution in [0.25, 0.3) is 5.78 Å². The number of aryl methyl sites for hydroxylation is 1. The number of halogens is 1. The van der Waals surface area contributed by atoms with Gasteiger partial charge in [0.1, 0.15) is 6.33 Å². The molecule has 24 heavy (non-hydrogen) atoms. The Morgan fingerprint density at radius 2 is 2.17 bits per heavy atom. The Bertz CT molecular complexity index is 976. The second kappa shape index (κ2) is 6.45. The van der Waals surface area contributed by atoms with Crippen molar-refractivity contribution >= 4 is 29.0 Å². The molecule has 8 heteroatoms. The first-order valence-corrected chi connectivity index (χ1v) is 7.81. The molecule has 3 aromatic rings. The molecular weight excluding hydrogens is 330 g/mol. The lowest BCUT2D eigenvalue weighted by Crippen LogP contribution is -2.23. The average molecular weight is 346 g/mol. The van der Waals surface area contributed by atoms with Crippen molar-refractivity contribution in [1.29, 1.82) is 0 Å². The number of aromatic amines is 1. The highest BCUT2D eigenvalue weighted by atomic mass is 35.5. The molecule has 0 bridgehead atoms. The monoisotopic (exact) mass is 345 g/mol. The van der Waals surface area contributed by atoms with Gasteiger partial charge in [-0.2, -0.15) is 4.52 Å². The molecule has 0 fully saturated rings. The number of anilines is 1. The van der Waals surface area contributed by atoms with Gasteiger partial charge in [-0.25, -0.2) is 9.97 Å². The summed E-state index contributed by atoms with van der Waals surface area (Å²) in [5, 5.41) is 6.12. The second-order valence-electron chi connectivity index (χ2n) is 5.46. The number of rotatable bonds is 4. The van der Waals surface area contributed by atoms with Crippen LogP contribution in [0.5, 0.6) is 0 Å². The topological polar surface area (TPSA) is 92.2 Å². The summed E-state index contributed by atoms with van der Waals surface area (Å²) in [5.41, 5.74) is 2.32. The Hall–Kier alpha value is -2.67. The molecule has 3 rings (SSSR count). The van der Waals surface area contributed by atoms with E-state index in [1.54, 1.807) is 25.1 Å². The number of benzene rings is 1. The molecule has 0 spiro atoms. The molecule has 2 aromatic heterocycles. The summed E-state index contributed by atoms with van der Waals surface area (Å²) >= 11 is 6.04. The molecule has 0 radical (unpaired) electrons. The standard InChI is InChI=1S/C16H16ClN5O2/c1-9-12(17)4-3-5-13(9)21-14(23)7-6-11-10(2)20-16-18-8-19-22(16)15(11)24/h3-5,8H,6-7H2,1-2H3,(H,21,23)(H,18,19,20). The fourth-order valence-electron chi connectivity index (χ4n) is 2.48. The van der Waals surface area contributed by atoms with Crippen LogP contribution in [-0.2, 0) is 11.2 Å². The van der Waals surface area contributed by atoms with Crippen molar-refractivity contribution in [1.82, 2.24) is 19.6 Å². The van der Waals surface area contributed by atoms with E-state index in [9.17, 15) is 9.59 Å². The summed E-state index contributed by atoms with van der Waals surface area (Å²) in [6.45, 7) is 3.58. The molecule has 0 aliphatic carbocycles. The summed E-state index contributed by atoms with van der Waals surface area (Å²) in [7, 11) is 0. The van der Waals surface area contributed by atoms with Crippen molar-refractivity contribution in [3.05, 3.63) is 56.7 Å². The van der Waals surface area contributed by atoms with Crippen molar-refractivity contribution in [3.8, 4) is 0 Å². The van der Waals surface area contributed by atoms with E-state index >= 15 is 0 Å². The molecular formula is C16H16ClN5O2. The third kappa shape index (κ3) is 3.03. The quantitative estimate of drug-likeness (QED) is 0.758. The number of nitrogens with zero attached hydrogens (tertiary/aromatic N) is 3. The van der Waals surface area contributed by atoms with Gasteiger partial charge in [-0.15, -0.1) is 0 Å². The van der Waals surface area contributed by atoms with E-state index in [4.69, 9.17) is 11.6 Å². The Labute approximate surface area is 142 Å². The zero-order valence-corrected chi connectivity index (χ0v) is 14.0. The third-order valence-corrected chi connectivity index (χ3v) is 4.29. The summed E-state index contributed by atoms with van der Waals surface area (Å²) in [6.07, 6.45) is 1.87. The van der Waals surface area contributed by atoms with Gasteiger partial charge < -0.3 is 5.32 Å². The van der Waals surface area contributed by atoms with Crippen molar-refractivity contribution in [2.24, 2.45) is 0 Å². The minimum absolute atomic E-state index is 0.171. The lowest BCUT2D eigenvalue weighted by atomic mass is 10.1. The molecule has 0 atom stereocenters. The molecule has 0 saturated heterocycles. The Balaban J connectivity index is 1.75. The lowest BCUT2D eigenvalue weighted by Gasteiger charge is -2.10. The molecule has 1 amide bonds. The van der Waals surface area contributed by atoms with Crippen molar-refractivity contribution in [2.75, 3.05) is 5.32 Å². The molecule has 0 aliphatic rings. The molecule has 1 aromatic carbocycles.